The Morgan fingerprint density at radius 3 is 1.51 bits per heavy atom. The highest BCUT2D eigenvalue weighted by atomic mass is 16.6. The zero-order valence-corrected chi connectivity index (χ0v) is 36.8. The van der Waals surface area contributed by atoms with Crippen LogP contribution in [0.3, 0.4) is 0 Å². The van der Waals surface area contributed by atoms with Crippen LogP contribution < -0.4 is 37.2 Å². The van der Waals surface area contributed by atoms with Crippen LogP contribution in [-0.4, -0.2) is 197 Å². The van der Waals surface area contributed by atoms with Gasteiger partial charge in [0.2, 0.25) is 41.4 Å². The smallest absolute Gasteiger partial charge is 0.335 e. The number of nitrogens with one attached hydrogen (secondary N) is 7. The first-order valence-corrected chi connectivity index (χ1v) is 21.0. The van der Waals surface area contributed by atoms with Crippen molar-refractivity contribution in [3.63, 3.8) is 0 Å². The number of hydroxylamine groups is 2. The Hall–Kier alpha value is -6.57. The molecule has 0 aromatic rings. The quantitative estimate of drug-likeness (QED) is 0.0122. The second-order valence-corrected chi connectivity index (χ2v) is 15.0. The number of carboxylic acid groups (broad SMARTS) is 2. The molecule has 0 aliphatic heterocycles. The summed E-state index contributed by atoms with van der Waals surface area (Å²) in [6, 6.07) is -11.9. The van der Waals surface area contributed by atoms with Crippen LogP contribution in [-0.2, 0) is 43.2 Å². The molecule has 0 aliphatic carbocycles. The van der Waals surface area contributed by atoms with E-state index in [0.29, 0.717) is 12.8 Å². The molecule has 31 heteroatoms. The SMILES string of the molecule is CCCCCCC[C@@H](O)CC(=O)NCC(=O)N[C@@H](C(=O)N[C@@H](CO)C(=O)N[C@@H](C(=O)N[C@H](CCC[N+]([O-])=NO)C(=O)N[C@@H](CO)C(=O)N[C@H](CCC[N+]([O-])=NO)C(=O)O)[C@@H](C)O)[C@@H](O)C(=O)O. The Morgan fingerprint density at radius 1 is 0.552 bits per heavy atom. The normalized spacial score (nSPS) is 15.7. The van der Waals surface area contributed by atoms with E-state index in [1.165, 1.54) is 0 Å². The second kappa shape index (κ2) is 33.0. The van der Waals surface area contributed by atoms with Gasteiger partial charge in [0.25, 0.3) is 0 Å². The summed E-state index contributed by atoms with van der Waals surface area (Å²) in [5.74, 6) is -12.6. The highest BCUT2D eigenvalue weighted by Gasteiger charge is 2.38. The molecule has 0 aromatic heterocycles. The van der Waals surface area contributed by atoms with Gasteiger partial charge in [0.15, 0.2) is 29.7 Å². The number of nitrogens with zero attached hydrogens (tertiary/aromatic N) is 4. The predicted octanol–water partition coefficient (Wildman–Crippen LogP) is -5.72. The molecule has 0 bridgehead atoms. The van der Waals surface area contributed by atoms with Gasteiger partial charge >= 0.3 is 11.9 Å². The molecule has 0 radical (unpaired) electrons. The minimum absolute atomic E-state index is 0.169. The van der Waals surface area contributed by atoms with Crippen LogP contribution in [0.2, 0.25) is 0 Å². The van der Waals surface area contributed by atoms with Gasteiger partial charge in [-0.05, 0) is 26.2 Å². The van der Waals surface area contributed by atoms with Gasteiger partial charge in [-0.15, -0.1) is 0 Å². The van der Waals surface area contributed by atoms with E-state index >= 15 is 0 Å². The van der Waals surface area contributed by atoms with E-state index in [1.54, 1.807) is 0 Å². The predicted molar refractivity (Wildman–Crippen MR) is 220 cm³/mol. The molecule has 7 amide bonds. The zero-order chi connectivity index (χ0) is 51.2. The number of carboxylic acids is 2. The van der Waals surface area contributed by atoms with Crippen molar-refractivity contribution < 1.29 is 99.0 Å². The monoisotopic (exact) mass is 969 g/mol. The Bertz CT molecular complexity index is 1700. The number of carbonyl (C=O) groups is 9. The standard InChI is InChI=1S/C36H63N11O20/c1-3-4-5-6-7-10-20(51)15-25(52)37-16-26(53)42-28(29(54)36(62)63)34(59)41-24(18-49)32(57)43-27(19(2)50)33(58)38-21(11-8-13-46(66)44-64)30(55)40-23(17-48)31(56)39-22(35(60)61)12-9-14-47(67)45-65/h19-24,27-29,48-51,54,64-65H,3-18H2,1-2H3,(H,37,52)(H,38,58)(H,39,56)(H,40,55)(H,41,59)(H,42,53)(H,43,57)(H,60,61)(H,62,63)/t19-,20-,21-,22-,23+,24+,27-,28-,29-/m1/s1. The molecule has 0 rings (SSSR count). The third-order valence-corrected chi connectivity index (χ3v) is 9.50. The van der Waals surface area contributed by atoms with E-state index < -0.39 is 147 Å². The van der Waals surface area contributed by atoms with Crippen molar-refractivity contribution in [1.82, 2.24) is 37.2 Å². The minimum Gasteiger partial charge on any atom is -0.597 e. The topological polar surface area (TPSA) is 497 Å². The van der Waals surface area contributed by atoms with Crippen molar-refractivity contribution in [2.24, 2.45) is 10.6 Å². The van der Waals surface area contributed by atoms with Crippen molar-refractivity contribution in [2.45, 2.75) is 139 Å². The zero-order valence-electron chi connectivity index (χ0n) is 36.8. The first-order valence-electron chi connectivity index (χ1n) is 21.0. The Morgan fingerprint density at radius 2 is 1.01 bits per heavy atom. The van der Waals surface area contributed by atoms with Crippen molar-refractivity contribution in [1.29, 1.82) is 0 Å². The molecule has 16 N–H and O–H groups in total. The Balaban J connectivity index is 6.01. The molecular formula is C36H63N11O20. The molecular weight excluding hydrogens is 906 g/mol. The third-order valence-electron chi connectivity index (χ3n) is 9.50. The first kappa shape index (κ1) is 60.4. The molecule has 9 atom stereocenters. The summed E-state index contributed by atoms with van der Waals surface area (Å²) in [6.45, 7) is -1.37. The van der Waals surface area contributed by atoms with Crippen molar-refractivity contribution in [3.05, 3.63) is 10.4 Å². The fourth-order valence-electron chi connectivity index (χ4n) is 5.80. The number of carbonyl (C=O) groups excluding carboxylic acids is 7. The number of aliphatic hydroxyl groups excluding tert-OH is 5. The van der Waals surface area contributed by atoms with E-state index in [4.69, 9.17) is 10.4 Å². The van der Waals surface area contributed by atoms with Crippen LogP contribution in [0.1, 0.15) is 84.5 Å². The molecule has 0 aliphatic rings. The molecule has 0 spiro atoms. The fraction of sp³-hybridized carbons (Fsp3) is 0.750. The molecule has 0 heterocycles. The average Bonchev–Trinajstić information content (AvgIpc) is 3.28. The highest BCUT2D eigenvalue weighted by Crippen LogP contribution is 2.10. The van der Waals surface area contributed by atoms with Crippen LogP contribution in [0.4, 0.5) is 0 Å². The van der Waals surface area contributed by atoms with E-state index in [2.05, 4.69) is 26.5 Å². The number of amides is 7. The van der Waals surface area contributed by atoms with Gasteiger partial charge in [0.05, 0.1) is 38.4 Å². The van der Waals surface area contributed by atoms with Crippen molar-refractivity contribution >= 4 is 53.3 Å². The van der Waals surface area contributed by atoms with Crippen LogP contribution in [0, 0.1) is 10.4 Å². The van der Waals surface area contributed by atoms with Gasteiger partial charge < -0.3 is 93.8 Å². The fourth-order valence-corrected chi connectivity index (χ4v) is 5.80. The van der Waals surface area contributed by atoms with Crippen molar-refractivity contribution in [2.75, 3.05) is 32.8 Å². The van der Waals surface area contributed by atoms with Crippen molar-refractivity contribution in [3.8, 4) is 0 Å². The maximum absolute atomic E-state index is 13.5. The van der Waals surface area contributed by atoms with E-state index in [0.717, 1.165) is 32.6 Å². The second-order valence-electron chi connectivity index (χ2n) is 15.0. The van der Waals surface area contributed by atoms with Crippen LogP contribution in [0.15, 0.2) is 10.6 Å². The summed E-state index contributed by atoms with van der Waals surface area (Å²) < 4.78 is 0. The van der Waals surface area contributed by atoms with Gasteiger partial charge in [0.1, 0.15) is 36.3 Å². The molecule has 0 unspecified atom stereocenters. The number of aliphatic carboxylic acids is 2. The maximum atomic E-state index is 13.5. The van der Waals surface area contributed by atoms with E-state index in [-0.39, 0.29) is 35.4 Å². The van der Waals surface area contributed by atoms with E-state index in [1.807, 2.05) is 28.2 Å². The van der Waals surface area contributed by atoms with Gasteiger partial charge in [-0.2, -0.15) is 0 Å². The van der Waals surface area contributed by atoms with E-state index in [9.17, 15) is 89.3 Å². The molecule has 0 aromatic carbocycles. The Kier molecular flexibility index (Phi) is 29.8. The summed E-state index contributed by atoms with van der Waals surface area (Å²) in [5, 5.41) is 128. The van der Waals surface area contributed by atoms with Crippen LogP contribution in [0.25, 0.3) is 0 Å². The molecule has 31 nitrogen and oxygen atoms in total. The summed E-state index contributed by atoms with van der Waals surface area (Å²) in [7, 11) is 0. The first-order chi connectivity index (χ1) is 31.6. The highest BCUT2D eigenvalue weighted by molar-refractivity contribution is 5.98. The minimum atomic E-state index is -2.67. The summed E-state index contributed by atoms with van der Waals surface area (Å²) in [6.07, 6.45) is -2.57. The largest absolute Gasteiger partial charge is 0.597 e. The number of hydrogen-bond acceptors (Lipinski definition) is 18. The maximum Gasteiger partial charge on any atom is 0.335 e. The number of rotatable bonds is 35. The molecule has 382 valence electrons. The lowest BCUT2D eigenvalue weighted by molar-refractivity contribution is -0.556. The molecule has 0 fully saturated rings. The van der Waals surface area contributed by atoms with Gasteiger partial charge in [-0.3, -0.25) is 33.6 Å². The lowest BCUT2D eigenvalue weighted by Gasteiger charge is -2.28. The van der Waals surface area contributed by atoms with Gasteiger partial charge in [-0.1, -0.05) is 48.7 Å². The van der Waals surface area contributed by atoms with Crippen LogP contribution >= 0.6 is 0 Å². The van der Waals surface area contributed by atoms with Crippen LogP contribution in [0.5, 0.6) is 0 Å². The molecule has 0 saturated heterocycles. The lowest BCUT2D eigenvalue weighted by Crippen LogP contribution is -2.63. The Labute approximate surface area is 382 Å². The number of aliphatic hydroxyl groups is 5. The lowest BCUT2D eigenvalue weighted by atomic mass is 10.1. The number of unbranched alkanes of at least 4 members (excludes halogenated alkanes) is 4. The van der Waals surface area contributed by atoms with Gasteiger partial charge in [-0.25, -0.2) is 9.59 Å². The summed E-state index contributed by atoms with van der Waals surface area (Å²) >= 11 is 0. The summed E-state index contributed by atoms with van der Waals surface area (Å²) in [4.78, 5) is 114. The average molecular weight is 970 g/mol. The summed E-state index contributed by atoms with van der Waals surface area (Å²) in [5.41, 5.74) is 0. The number of hydrogen-bond donors (Lipinski definition) is 16. The molecule has 0 saturated carbocycles. The van der Waals surface area contributed by atoms with Gasteiger partial charge in [0, 0.05) is 12.8 Å². The third kappa shape index (κ3) is 24.5. The molecule has 67 heavy (non-hydrogen) atoms.